The summed E-state index contributed by atoms with van der Waals surface area (Å²) < 4.78 is 0. The van der Waals surface area contributed by atoms with Crippen molar-refractivity contribution in [3.63, 3.8) is 0 Å². The van der Waals surface area contributed by atoms with E-state index in [1.54, 1.807) is 0 Å². The Kier molecular flexibility index (Phi) is 2.66. The summed E-state index contributed by atoms with van der Waals surface area (Å²) in [5.74, 6) is 0.119. The number of carbonyl (C=O) groups is 2. The molecule has 1 heterocycles. The van der Waals surface area contributed by atoms with Crippen LogP contribution in [0.25, 0.3) is 0 Å². The monoisotopic (exact) mass is 262 g/mol. The van der Waals surface area contributed by atoms with E-state index in [0.717, 1.165) is 23.3 Å². The highest BCUT2D eigenvalue weighted by molar-refractivity contribution is 5.95. The predicted octanol–water partition coefficient (Wildman–Crippen LogP) is 1.68. The number of nitrogens with zero attached hydrogens (tertiary/aromatic N) is 2. The number of carbonyl (C=O) groups excluding carboxylic acids is 1. The molecular formula is C14H18N2O3. The molecule has 0 aromatic carbocycles. The van der Waals surface area contributed by atoms with Crippen LogP contribution in [-0.2, 0) is 4.79 Å². The van der Waals surface area contributed by atoms with E-state index in [-0.39, 0.29) is 17.9 Å². The van der Waals surface area contributed by atoms with Crippen LogP contribution in [0.3, 0.4) is 0 Å². The minimum Gasteiger partial charge on any atom is -0.465 e. The largest absolute Gasteiger partial charge is 0.465 e. The molecule has 3 aliphatic rings. The Morgan fingerprint density at radius 1 is 1.53 bits per heavy atom. The first-order chi connectivity index (χ1) is 9.00. The fourth-order valence-electron chi connectivity index (χ4n) is 3.79. The smallest absolute Gasteiger partial charge is 0.414 e. The van der Waals surface area contributed by atoms with Crippen molar-refractivity contribution in [1.82, 2.24) is 9.80 Å². The Bertz CT molecular complexity index is 507. The molecule has 2 fully saturated rings. The first-order valence-electron chi connectivity index (χ1n) is 6.63. The first-order valence-corrected chi connectivity index (χ1v) is 6.63. The summed E-state index contributed by atoms with van der Waals surface area (Å²) in [5.41, 5.74) is 2.38. The molecule has 19 heavy (non-hydrogen) atoms. The zero-order chi connectivity index (χ0) is 13.7. The van der Waals surface area contributed by atoms with E-state index >= 15 is 0 Å². The van der Waals surface area contributed by atoms with E-state index in [9.17, 15) is 14.7 Å². The van der Waals surface area contributed by atoms with Crippen molar-refractivity contribution >= 4 is 12.0 Å². The highest BCUT2D eigenvalue weighted by Gasteiger charge is 2.55. The Morgan fingerprint density at radius 3 is 2.89 bits per heavy atom. The fraction of sp³-hybridized carbons (Fsp3) is 0.571. The van der Waals surface area contributed by atoms with Gasteiger partial charge in [0.25, 0.3) is 0 Å². The number of hydrogen-bond acceptors (Lipinski definition) is 3. The Hall–Kier alpha value is -1.78. The molecule has 5 heteroatoms. The normalized spacial score (nSPS) is 34.5. The summed E-state index contributed by atoms with van der Waals surface area (Å²) in [7, 11) is 3.93. The topological polar surface area (TPSA) is 60.9 Å². The fourth-order valence-corrected chi connectivity index (χ4v) is 3.79. The van der Waals surface area contributed by atoms with Gasteiger partial charge in [0, 0.05) is 32.4 Å². The molecule has 0 aromatic heterocycles. The molecule has 5 nitrogen and oxygen atoms in total. The van der Waals surface area contributed by atoms with Crippen molar-refractivity contribution in [3.8, 4) is 0 Å². The van der Waals surface area contributed by atoms with Crippen molar-refractivity contribution in [3.05, 3.63) is 23.4 Å². The van der Waals surface area contributed by atoms with Gasteiger partial charge < -0.3 is 10.0 Å². The molecule has 0 spiro atoms. The second-order valence-corrected chi connectivity index (χ2v) is 5.73. The highest BCUT2D eigenvalue weighted by atomic mass is 16.4. The molecule has 3 unspecified atom stereocenters. The average Bonchev–Trinajstić information content (AvgIpc) is 2.92. The van der Waals surface area contributed by atoms with Gasteiger partial charge in [0.05, 0.1) is 6.04 Å². The van der Waals surface area contributed by atoms with Gasteiger partial charge in [-0.25, -0.2) is 9.69 Å². The summed E-state index contributed by atoms with van der Waals surface area (Å²) in [6.45, 7) is 0. The van der Waals surface area contributed by atoms with Crippen LogP contribution in [0.5, 0.6) is 0 Å². The number of carboxylic acid groups (broad SMARTS) is 1. The van der Waals surface area contributed by atoms with Gasteiger partial charge in [-0.15, -0.1) is 0 Å². The minimum atomic E-state index is -1.12. The van der Waals surface area contributed by atoms with Crippen LogP contribution in [0.2, 0.25) is 0 Å². The van der Waals surface area contributed by atoms with E-state index in [0.29, 0.717) is 12.3 Å². The SMILES string of the molecule is CN(C)C=C1C2CCC=C2C2C1CC(=O)N2C(=O)O. The standard InChI is InChI=1S/C14H18N2O3/c1-15(2)7-11-8-4-3-5-9(8)13-10(11)6-12(17)16(13)14(18)19/h5,7-8,10,13H,3-4,6H2,1-2H3,(H,18,19). The van der Waals surface area contributed by atoms with Crippen LogP contribution in [-0.4, -0.2) is 47.0 Å². The lowest BCUT2D eigenvalue weighted by atomic mass is 9.94. The Balaban J connectivity index is 2.04. The number of rotatable bonds is 1. The summed E-state index contributed by atoms with van der Waals surface area (Å²) in [5, 5.41) is 9.27. The number of amides is 2. The lowest BCUT2D eigenvalue weighted by molar-refractivity contribution is -0.126. The molecule has 3 rings (SSSR count). The minimum absolute atomic E-state index is 0.0440. The molecule has 1 N–H and O–H groups in total. The van der Waals surface area contributed by atoms with Gasteiger partial charge in [0.2, 0.25) is 5.91 Å². The zero-order valence-corrected chi connectivity index (χ0v) is 11.2. The lowest BCUT2D eigenvalue weighted by Crippen LogP contribution is -2.38. The van der Waals surface area contributed by atoms with Gasteiger partial charge in [-0.1, -0.05) is 6.08 Å². The molecular weight excluding hydrogens is 244 g/mol. The third-order valence-electron chi connectivity index (χ3n) is 4.35. The quantitative estimate of drug-likeness (QED) is 0.730. The molecule has 0 aromatic rings. The number of imide groups is 1. The zero-order valence-electron chi connectivity index (χ0n) is 11.2. The van der Waals surface area contributed by atoms with E-state index in [2.05, 4.69) is 12.3 Å². The van der Waals surface area contributed by atoms with Gasteiger partial charge in [-0.2, -0.15) is 0 Å². The molecule has 3 atom stereocenters. The molecule has 1 saturated heterocycles. The van der Waals surface area contributed by atoms with E-state index in [1.165, 1.54) is 5.57 Å². The predicted molar refractivity (Wildman–Crippen MR) is 69.3 cm³/mol. The molecule has 102 valence electrons. The molecule has 1 aliphatic heterocycles. The Labute approximate surface area is 112 Å². The van der Waals surface area contributed by atoms with E-state index < -0.39 is 6.09 Å². The van der Waals surface area contributed by atoms with E-state index in [4.69, 9.17) is 0 Å². The number of allylic oxidation sites excluding steroid dienone is 1. The van der Waals surface area contributed by atoms with Crippen LogP contribution >= 0.6 is 0 Å². The number of likely N-dealkylation sites (tertiary alicyclic amines) is 1. The number of hydrogen-bond donors (Lipinski definition) is 1. The lowest BCUT2D eigenvalue weighted by Gasteiger charge is -2.20. The van der Waals surface area contributed by atoms with E-state index in [1.807, 2.05) is 19.0 Å². The maximum Gasteiger partial charge on any atom is 0.414 e. The van der Waals surface area contributed by atoms with Crippen molar-refractivity contribution in [2.45, 2.75) is 25.3 Å². The van der Waals surface area contributed by atoms with Gasteiger partial charge in [0.1, 0.15) is 0 Å². The number of fused-ring (bicyclic) bond motifs is 3. The summed E-state index contributed by atoms with van der Waals surface area (Å²) in [6.07, 6.45) is 5.44. The van der Waals surface area contributed by atoms with Crippen molar-refractivity contribution in [2.24, 2.45) is 11.8 Å². The van der Waals surface area contributed by atoms with Crippen LogP contribution in [0.1, 0.15) is 19.3 Å². The van der Waals surface area contributed by atoms with Gasteiger partial charge in [-0.05, 0) is 30.2 Å². The van der Waals surface area contributed by atoms with Gasteiger partial charge in [0.15, 0.2) is 0 Å². The maximum atomic E-state index is 11.9. The maximum absolute atomic E-state index is 11.9. The second-order valence-electron chi connectivity index (χ2n) is 5.73. The van der Waals surface area contributed by atoms with Crippen LogP contribution < -0.4 is 0 Å². The molecule has 1 saturated carbocycles. The van der Waals surface area contributed by atoms with Crippen LogP contribution in [0, 0.1) is 11.8 Å². The van der Waals surface area contributed by atoms with Crippen LogP contribution in [0.15, 0.2) is 23.4 Å². The molecule has 2 aliphatic carbocycles. The van der Waals surface area contributed by atoms with Gasteiger partial charge in [-0.3, -0.25) is 4.79 Å². The average molecular weight is 262 g/mol. The third kappa shape index (κ3) is 1.68. The molecule has 0 bridgehead atoms. The van der Waals surface area contributed by atoms with Gasteiger partial charge >= 0.3 is 6.09 Å². The van der Waals surface area contributed by atoms with Crippen molar-refractivity contribution in [1.29, 1.82) is 0 Å². The highest BCUT2D eigenvalue weighted by Crippen LogP contribution is 2.53. The molecule has 2 amide bonds. The summed E-state index contributed by atoms with van der Waals surface area (Å²) in [4.78, 5) is 26.3. The van der Waals surface area contributed by atoms with Crippen LogP contribution in [0.4, 0.5) is 4.79 Å². The second kappa shape index (κ2) is 4.11. The summed E-state index contributed by atoms with van der Waals surface area (Å²) in [6, 6.07) is -0.247. The molecule has 0 radical (unpaired) electrons. The van der Waals surface area contributed by atoms with Crippen molar-refractivity contribution in [2.75, 3.05) is 14.1 Å². The third-order valence-corrected chi connectivity index (χ3v) is 4.35. The Morgan fingerprint density at radius 2 is 2.26 bits per heavy atom. The summed E-state index contributed by atoms with van der Waals surface area (Å²) >= 11 is 0. The van der Waals surface area contributed by atoms with Crippen molar-refractivity contribution < 1.29 is 14.7 Å². The first kappa shape index (κ1) is 12.3.